The molecule has 1 aliphatic rings. The van der Waals surface area contributed by atoms with E-state index < -0.39 is 11.4 Å². The maximum Gasteiger partial charge on any atom is 0.313 e. The Balaban J connectivity index is 2.63. The maximum atomic E-state index is 11.5. The lowest BCUT2D eigenvalue weighted by Crippen LogP contribution is -2.50. The first-order valence-corrected chi connectivity index (χ1v) is 6.02. The van der Waals surface area contributed by atoms with Crippen molar-refractivity contribution in [3.05, 3.63) is 0 Å². The number of likely N-dealkylation sites (N-methyl/N-ethyl adjacent to an activating group) is 1. The van der Waals surface area contributed by atoms with Gasteiger partial charge in [0.05, 0.1) is 13.2 Å². The van der Waals surface area contributed by atoms with Gasteiger partial charge in [0.15, 0.2) is 0 Å². The van der Waals surface area contributed by atoms with Crippen LogP contribution in [-0.4, -0.2) is 62.5 Å². The van der Waals surface area contributed by atoms with Gasteiger partial charge < -0.3 is 19.5 Å². The molecule has 5 nitrogen and oxygen atoms in total. The minimum Gasteiger partial charge on any atom is -0.481 e. The number of ether oxygens (including phenoxy) is 2. The molecule has 0 bridgehead atoms. The Hall–Kier alpha value is -0.650. The summed E-state index contributed by atoms with van der Waals surface area (Å²) in [4.78, 5) is 13.5. The SMILES string of the molecule is COCC(C)N(C)CC1(C(=O)O)CCCOC1. The van der Waals surface area contributed by atoms with Crippen LogP contribution in [0.1, 0.15) is 19.8 Å². The predicted molar refractivity (Wildman–Crippen MR) is 64.1 cm³/mol. The van der Waals surface area contributed by atoms with Gasteiger partial charge in [0.2, 0.25) is 0 Å². The molecule has 0 aromatic carbocycles. The fourth-order valence-electron chi connectivity index (χ4n) is 2.22. The predicted octanol–water partition coefficient (Wildman–Crippen LogP) is 0.835. The Morgan fingerprint density at radius 3 is 2.82 bits per heavy atom. The Kier molecular flexibility index (Phi) is 5.36. The van der Waals surface area contributed by atoms with Gasteiger partial charge in [0.1, 0.15) is 5.41 Å². The molecule has 17 heavy (non-hydrogen) atoms. The van der Waals surface area contributed by atoms with Crippen molar-refractivity contribution in [2.45, 2.75) is 25.8 Å². The minimum atomic E-state index is -0.756. The maximum absolute atomic E-state index is 11.5. The largest absolute Gasteiger partial charge is 0.481 e. The summed E-state index contributed by atoms with van der Waals surface area (Å²) in [5.74, 6) is -0.756. The van der Waals surface area contributed by atoms with Crippen LogP contribution in [0.15, 0.2) is 0 Å². The van der Waals surface area contributed by atoms with Gasteiger partial charge in [-0.15, -0.1) is 0 Å². The van der Waals surface area contributed by atoms with Crippen LogP contribution >= 0.6 is 0 Å². The molecule has 0 amide bonds. The fourth-order valence-corrected chi connectivity index (χ4v) is 2.22. The Labute approximate surface area is 103 Å². The summed E-state index contributed by atoms with van der Waals surface area (Å²) < 4.78 is 10.4. The van der Waals surface area contributed by atoms with E-state index in [1.54, 1.807) is 7.11 Å². The molecule has 0 radical (unpaired) electrons. The summed E-state index contributed by atoms with van der Waals surface area (Å²) in [5, 5.41) is 9.41. The zero-order valence-electron chi connectivity index (χ0n) is 10.9. The summed E-state index contributed by atoms with van der Waals surface area (Å²) in [7, 11) is 3.59. The summed E-state index contributed by atoms with van der Waals surface area (Å²) in [6.45, 7) is 4.13. The molecule has 0 spiro atoms. The second kappa shape index (κ2) is 6.33. The minimum absolute atomic E-state index is 0.207. The van der Waals surface area contributed by atoms with Crippen LogP contribution in [0.3, 0.4) is 0 Å². The molecule has 1 saturated heterocycles. The third kappa shape index (κ3) is 3.66. The average molecular weight is 245 g/mol. The van der Waals surface area contributed by atoms with Crippen molar-refractivity contribution >= 4 is 5.97 Å². The molecule has 5 heteroatoms. The third-order valence-electron chi connectivity index (χ3n) is 3.49. The highest BCUT2D eigenvalue weighted by Crippen LogP contribution is 2.30. The van der Waals surface area contributed by atoms with E-state index in [0.717, 1.165) is 6.42 Å². The molecule has 2 atom stereocenters. The number of nitrogens with zero attached hydrogens (tertiary/aromatic N) is 1. The molecular weight excluding hydrogens is 222 g/mol. The topological polar surface area (TPSA) is 59.0 Å². The van der Waals surface area contributed by atoms with E-state index in [0.29, 0.717) is 32.8 Å². The fraction of sp³-hybridized carbons (Fsp3) is 0.917. The van der Waals surface area contributed by atoms with Crippen LogP contribution in [0.2, 0.25) is 0 Å². The van der Waals surface area contributed by atoms with Crippen molar-refractivity contribution in [3.8, 4) is 0 Å². The number of carboxylic acids is 1. The normalized spacial score (nSPS) is 27.1. The first-order chi connectivity index (χ1) is 8.02. The van der Waals surface area contributed by atoms with Gasteiger partial charge in [-0.2, -0.15) is 0 Å². The first kappa shape index (κ1) is 14.4. The highest BCUT2D eigenvalue weighted by Gasteiger charge is 2.42. The molecule has 0 saturated carbocycles. The van der Waals surface area contributed by atoms with Crippen LogP contribution < -0.4 is 0 Å². The van der Waals surface area contributed by atoms with E-state index in [1.807, 2.05) is 18.9 Å². The smallest absolute Gasteiger partial charge is 0.313 e. The van der Waals surface area contributed by atoms with Gasteiger partial charge >= 0.3 is 5.97 Å². The Morgan fingerprint density at radius 2 is 2.35 bits per heavy atom. The molecule has 0 aromatic rings. The van der Waals surface area contributed by atoms with Crippen molar-refractivity contribution in [2.24, 2.45) is 5.41 Å². The molecule has 0 aliphatic carbocycles. The number of carbonyl (C=O) groups is 1. The quantitative estimate of drug-likeness (QED) is 0.751. The first-order valence-electron chi connectivity index (χ1n) is 6.02. The van der Waals surface area contributed by atoms with Gasteiger partial charge in [-0.05, 0) is 26.8 Å². The summed E-state index contributed by atoms with van der Waals surface area (Å²) >= 11 is 0. The van der Waals surface area contributed by atoms with Gasteiger partial charge in [0.25, 0.3) is 0 Å². The van der Waals surface area contributed by atoms with Gasteiger partial charge in [-0.1, -0.05) is 0 Å². The molecule has 0 aromatic heterocycles. The number of aliphatic carboxylic acids is 1. The summed E-state index contributed by atoms with van der Waals surface area (Å²) in [6.07, 6.45) is 1.51. The number of hydrogen-bond acceptors (Lipinski definition) is 4. The standard InChI is InChI=1S/C12H23NO4/c1-10(7-16-3)13(2)8-12(11(14)15)5-4-6-17-9-12/h10H,4-9H2,1-3H3,(H,14,15). The second-order valence-electron chi connectivity index (χ2n) is 4.96. The zero-order valence-corrected chi connectivity index (χ0v) is 10.9. The van der Waals surface area contributed by atoms with Crippen LogP contribution in [0.25, 0.3) is 0 Å². The highest BCUT2D eigenvalue weighted by atomic mass is 16.5. The number of carboxylic acid groups (broad SMARTS) is 1. The van der Waals surface area contributed by atoms with E-state index in [-0.39, 0.29) is 6.04 Å². The molecule has 1 fully saturated rings. The number of methoxy groups -OCH3 is 1. The average Bonchev–Trinajstić information content (AvgIpc) is 2.30. The van der Waals surface area contributed by atoms with E-state index in [4.69, 9.17) is 9.47 Å². The summed E-state index contributed by atoms with van der Waals surface area (Å²) in [6, 6.07) is 0.207. The zero-order chi connectivity index (χ0) is 12.9. The molecular formula is C12H23NO4. The Bertz CT molecular complexity index is 251. The van der Waals surface area contributed by atoms with E-state index in [2.05, 4.69) is 0 Å². The van der Waals surface area contributed by atoms with Crippen molar-refractivity contribution in [1.29, 1.82) is 0 Å². The van der Waals surface area contributed by atoms with Crippen molar-refractivity contribution < 1.29 is 19.4 Å². The van der Waals surface area contributed by atoms with Crippen LogP contribution in [0.5, 0.6) is 0 Å². The van der Waals surface area contributed by atoms with Crippen LogP contribution in [0, 0.1) is 5.41 Å². The number of hydrogen-bond donors (Lipinski definition) is 1. The lowest BCUT2D eigenvalue weighted by molar-refractivity contribution is -0.159. The third-order valence-corrected chi connectivity index (χ3v) is 3.49. The lowest BCUT2D eigenvalue weighted by atomic mass is 9.82. The highest BCUT2D eigenvalue weighted by molar-refractivity contribution is 5.75. The van der Waals surface area contributed by atoms with Crippen molar-refractivity contribution in [1.82, 2.24) is 4.90 Å². The molecule has 1 rings (SSSR count). The lowest BCUT2D eigenvalue weighted by Gasteiger charge is -2.38. The molecule has 100 valence electrons. The molecule has 1 N–H and O–H groups in total. The van der Waals surface area contributed by atoms with Crippen LogP contribution in [-0.2, 0) is 14.3 Å². The monoisotopic (exact) mass is 245 g/mol. The van der Waals surface area contributed by atoms with Gasteiger partial charge in [0, 0.05) is 26.3 Å². The van der Waals surface area contributed by atoms with Gasteiger partial charge in [-0.25, -0.2) is 0 Å². The van der Waals surface area contributed by atoms with E-state index in [9.17, 15) is 9.90 Å². The molecule has 2 unspecified atom stereocenters. The summed E-state index contributed by atoms with van der Waals surface area (Å²) in [5.41, 5.74) is -0.755. The number of rotatable bonds is 6. The van der Waals surface area contributed by atoms with E-state index >= 15 is 0 Å². The van der Waals surface area contributed by atoms with E-state index in [1.165, 1.54) is 0 Å². The second-order valence-corrected chi connectivity index (χ2v) is 4.96. The molecule has 1 aliphatic heterocycles. The van der Waals surface area contributed by atoms with Crippen LogP contribution in [0.4, 0.5) is 0 Å². The van der Waals surface area contributed by atoms with Crippen molar-refractivity contribution in [3.63, 3.8) is 0 Å². The van der Waals surface area contributed by atoms with Crippen molar-refractivity contribution in [2.75, 3.05) is 40.5 Å². The molecule has 1 heterocycles. The Morgan fingerprint density at radius 1 is 1.65 bits per heavy atom. The van der Waals surface area contributed by atoms with Gasteiger partial charge in [-0.3, -0.25) is 4.79 Å².